The summed E-state index contributed by atoms with van der Waals surface area (Å²) in [6.07, 6.45) is -1.30. The van der Waals surface area contributed by atoms with Crippen LogP contribution in [0.2, 0.25) is 0 Å². The van der Waals surface area contributed by atoms with Crippen LogP contribution < -0.4 is 0 Å². The van der Waals surface area contributed by atoms with E-state index in [1.165, 1.54) is 0 Å². The number of aliphatic hydroxyl groups excluding tert-OH is 2. The summed E-state index contributed by atoms with van der Waals surface area (Å²) in [6, 6.07) is 0. The lowest BCUT2D eigenvalue weighted by atomic mass is 10.2. The van der Waals surface area contributed by atoms with E-state index in [1.807, 2.05) is 0 Å². The van der Waals surface area contributed by atoms with Crippen LogP contribution in [-0.2, 0) is 9.53 Å². The average molecular weight is 132 g/mol. The van der Waals surface area contributed by atoms with E-state index in [2.05, 4.69) is 4.74 Å². The van der Waals surface area contributed by atoms with Gasteiger partial charge in [0.2, 0.25) is 0 Å². The molecule has 0 spiro atoms. The number of carbonyl (C=O) groups excluding carboxylic acids is 1. The minimum absolute atomic E-state index is 0.206. The zero-order valence-electron chi connectivity index (χ0n) is 4.78. The fourth-order valence-corrected chi connectivity index (χ4v) is 0.748. The van der Waals surface area contributed by atoms with E-state index in [-0.39, 0.29) is 13.0 Å². The van der Waals surface area contributed by atoms with Gasteiger partial charge in [-0.3, -0.25) is 0 Å². The quantitative estimate of drug-likeness (QED) is 0.433. The molecule has 4 nitrogen and oxygen atoms in total. The van der Waals surface area contributed by atoms with Crippen molar-refractivity contribution in [1.82, 2.24) is 0 Å². The zero-order chi connectivity index (χ0) is 6.85. The average Bonchev–Trinajstić information content (AvgIpc) is 2.13. The van der Waals surface area contributed by atoms with Gasteiger partial charge < -0.3 is 14.9 Å². The van der Waals surface area contributed by atoms with Crippen molar-refractivity contribution in [1.29, 1.82) is 0 Å². The van der Waals surface area contributed by atoms with Gasteiger partial charge in [-0.05, 0) is 0 Å². The second-order valence-corrected chi connectivity index (χ2v) is 1.99. The fourth-order valence-electron chi connectivity index (χ4n) is 0.748. The first-order valence-corrected chi connectivity index (χ1v) is 2.73. The van der Waals surface area contributed by atoms with E-state index in [0.717, 1.165) is 0 Å². The van der Waals surface area contributed by atoms with Gasteiger partial charge in [0.05, 0.1) is 6.61 Å². The Morgan fingerprint density at radius 2 is 2.44 bits per heavy atom. The molecular weight excluding hydrogens is 124 g/mol. The Morgan fingerprint density at radius 3 is 2.67 bits per heavy atom. The predicted octanol–water partition coefficient (Wildman–Crippen LogP) is -1.34. The molecule has 1 fully saturated rings. The van der Waals surface area contributed by atoms with Gasteiger partial charge in [-0.2, -0.15) is 0 Å². The van der Waals surface area contributed by atoms with E-state index in [1.54, 1.807) is 0 Å². The fraction of sp³-hybridized carbons (Fsp3) is 0.800. The van der Waals surface area contributed by atoms with Crippen LogP contribution in [-0.4, -0.2) is 35.0 Å². The Hall–Kier alpha value is -0.610. The lowest BCUT2D eigenvalue weighted by Crippen LogP contribution is -2.11. The second kappa shape index (κ2) is 2.33. The first-order chi connectivity index (χ1) is 4.24. The molecule has 0 aliphatic carbocycles. The smallest absolute Gasteiger partial charge is 0.335 e. The molecule has 0 saturated carbocycles. The molecule has 2 atom stereocenters. The normalized spacial score (nSPS) is 34.7. The molecule has 0 bridgehead atoms. The number of ether oxygens (including phenoxy) is 1. The maximum absolute atomic E-state index is 10.4. The van der Waals surface area contributed by atoms with Crippen molar-refractivity contribution in [2.24, 2.45) is 0 Å². The summed E-state index contributed by atoms with van der Waals surface area (Å²) in [7, 11) is 0. The molecule has 0 radical (unpaired) electrons. The highest BCUT2D eigenvalue weighted by atomic mass is 16.6. The van der Waals surface area contributed by atoms with Gasteiger partial charge in [0.25, 0.3) is 0 Å². The minimum atomic E-state index is -1.03. The van der Waals surface area contributed by atoms with Crippen molar-refractivity contribution in [3.05, 3.63) is 0 Å². The van der Waals surface area contributed by atoms with Crippen LogP contribution in [0.4, 0.5) is 0 Å². The van der Waals surface area contributed by atoms with Crippen molar-refractivity contribution >= 4 is 5.97 Å². The van der Waals surface area contributed by atoms with Crippen LogP contribution in [0.25, 0.3) is 0 Å². The first-order valence-electron chi connectivity index (χ1n) is 2.73. The molecule has 1 saturated heterocycles. The summed E-state index contributed by atoms with van der Waals surface area (Å²) < 4.78 is 4.48. The summed E-state index contributed by atoms with van der Waals surface area (Å²) in [4.78, 5) is 10.4. The van der Waals surface area contributed by atoms with Gasteiger partial charge in [-0.15, -0.1) is 0 Å². The summed E-state index contributed by atoms with van der Waals surface area (Å²) in [6.45, 7) is -0.206. The van der Waals surface area contributed by atoms with Gasteiger partial charge >= 0.3 is 5.97 Å². The second-order valence-electron chi connectivity index (χ2n) is 1.99. The molecule has 2 unspecified atom stereocenters. The number of cyclic esters (lactones) is 1. The highest BCUT2D eigenvalue weighted by Crippen LogP contribution is 2.13. The molecule has 0 amide bonds. The van der Waals surface area contributed by atoms with Crippen LogP contribution in [0.3, 0.4) is 0 Å². The number of carbonyl (C=O) groups is 1. The van der Waals surface area contributed by atoms with Crippen LogP contribution in [0.1, 0.15) is 6.42 Å². The molecule has 0 aromatic heterocycles. The van der Waals surface area contributed by atoms with Gasteiger partial charge in [0, 0.05) is 6.42 Å². The van der Waals surface area contributed by atoms with Crippen LogP contribution in [0.15, 0.2) is 0 Å². The SMILES string of the molecule is O=C1OC(CO)CC1O. The lowest BCUT2D eigenvalue weighted by molar-refractivity contribution is -0.148. The van der Waals surface area contributed by atoms with Gasteiger partial charge in [-0.1, -0.05) is 0 Å². The number of aliphatic hydroxyl groups is 2. The van der Waals surface area contributed by atoms with Gasteiger partial charge in [0.15, 0.2) is 6.10 Å². The topological polar surface area (TPSA) is 66.8 Å². The van der Waals surface area contributed by atoms with E-state index in [0.29, 0.717) is 0 Å². The zero-order valence-corrected chi connectivity index (χ0v) is 4.78. The molecule has 2 N–H and O–H groups in total. The molecule has 4 heteroatoms. The largest absolute Gasteiger partial charge is 0.458 e. The molecule has 1 aliphatic rings. The van der Waals surface area contributed by atoms with Crippen LogP contribution >= 0.6 is 0 Å². The summed E-state index contributed by atoms with van der Waals surface area (Å²) in [5.41, 5.74) is 0. The summed E-state index contributed by atoms with van der Waals surface area (Å²) >= 11 is 0. The van der Waals surface area contributed by atoms with Gasteiger partial charge in [-0.25, -0.2) is 4.79 Å². The van der Waals surface area contributed by atoms with Crippen molar-refractivity contribution in [3.63, 3.8) is 0 Å². The number of hydrogen-bond donors (Lipinski definition) is 2. The highest BCUT2D eigenvalue weighted by molar-refractivity contribution is 5.76. The third-order valence-corrected chi connectivity index (χ3v) is 1.24. The number of rotatable bonds is 1. The molecule has 1 aliphatic heterocycles. The van der Waals surface area contributed by atoms with Crippen LogP contribution in [0.5, 0.6) is 0 Å². The maximum Gasteiger partial charge on any atom is 0.335 e. The predicted molar refractivity (Wildman–Crippen MR) is 27.6 cm³/mol. The summed E-state index contributed by atoms with van der Waals surface area (Å²) in [5.74, 6) is -0.631. The van der Waals surface area contributed by atoms with Gasteiger partial charge in [0.1, 0.15) is 6.10 Å². The molecular formula is C5H8O4. The van der Waals surface area contributed by atoms with Crippen molar-refractivity contribution in [2.45, 2.75) is 18.6 Å². The molecule has 52 valence electrons. The van der Waals surface area contributed by atoms with Crippen molar-refractivity contribution < 1.29 is 19.7 Å². The molecule has 0 aromatic carbocycles. The Bertz CT molecular complexity index is 122. The third kappa shape index (κ3) is 1.20. The monoisotopic (exact) mass is 132 g/mol. The Balaban J connectivity index is 2.44. The standard InChI is InChI=1S/C5H8O4/c6-2-3-1-4(7)5(8)9-3/h3-4,6-7H,1-2H2. The van der Waals surface area contributed by atoms with Crippen molar-refractivity contribution in [2.75, 3.05) is 6.61 Å². The molecule has 1 rings (SSSR count). The maximum atomic E-state index is 10.4. The Kier molecular flexibility index (Phi) is 1.68. The highest BCUT2D eigenvalue weighted by Gasteiger charge is 2.31. The van der Waals surface area contributed by atoms with E-state index in [4.69, 9.17) is 10.2 Å². The number of esters is 1. The summed E-state index contributed by atoms with van der Waals surface area (Å²) in [5, 5.41) is 17.1. The minimum Gasteiger partial charge on any atom is -0.458 e. The Morgan fingerprint density at radius 1 is 1.78 bits per heavy atom. The lowest BCUT2D eigenvalue weighted by Gasteiger charge is -2.00. The first kappa shape index (κ1) is 6.51. The van der Waals surface area contributed by atoms with E-state index >= 15 is 0 Å². The molecule has 0 aromatic rings. The van der Waals surface area contributed by atoms with Crippen LogP contribution in [0, 0.1) is 0 Å². The molecule has 9 heavy (non-hydrogen) atoms. The molecule has 1 heterocycles. The number of hydrogen-bond acceptors (Lipinski definition) is 4. The van der Waals surface area contributed by atoms with E-state index < -0.39 is 18.2 Å². The third-order valence-electron chi connectivity index (χ3n) is 1.24. The van der Waals surface area contributed by atoms with E-state index in [9.17, 15) is 4.79 Å². The Labute approximate surface area is 52.1 Å². The van der Waals surface area contributed by atoms with Crippen molar-refractivity contribution in [3.8, 4) is 0 Å².